The van der Waals surface area contributed by atoms with Gasteiger partial charge < -0.3 is 19.5 Å². The quantitative estimate of drug-likeness (QED) is 0.732. The molecule has 0 atom stereocenters. The zero-order valence-corrected chi connectivity index (χ0v) is 14.5. The predicted molar refractivity (Wildman–Crippen MR) is 96.9 cm³/mol. The molecule has 0 fully saturated rings. The number of carbonyl (C=O) groups is 1. The summed E-state index contributed by atoms with van der Waals surface area (Å²) in [6.45, 7) is 5.01. The molecule has 0 unspecified atom stereocenters. The number of anilines is 1. The van der Waals surface area contributed by atoms with Crippen molar-refractivity contribution in [1.82, 2.24) is 10.2 Å². The van der Waals surface area contributed by atoms with Crippen LogP contribution < -0.4 is 19.5 Å². The zero-order valence-electron chi connectivity index (χ0n) is 14.5. The first kappa shape index (κ1) is 16.3. The molecule has 0 aliphatic carbocycles. The highest BCUT2D eigenvalue weighted by Gasteiger charge is 2.17. The van der Waals surface area contributed by atoms with E-state index in [0.717, 1.165) is 16.7 Å². The van der Waals surface area contributed by atoms with E-state index in [4.69, 9.17) is 14.2 Å². The van der Waals surface area contributed by atoms with Crippen LogP contribution in [0.4, 0.5) is 5.82 Å². The van der Waals surface area contributed by atoms with Crippen molar-refractivity contribution < 1.29 is 19.0 Å². The lowest BCUT2D eigenvalue weighted by molar-refractivity contribution is 0.102. The molecule has 2 aromatic carbocycles. The molecule has 134 valence electrons. The van der Waals surface area contributed by atoms with Crippen LogP contribution in [0.15, 0.2) is 36.4 Å². The minimum Gasteiger partial charge on any atom is -0.493 e. The van der Waals surface area contributed by atoms with Gasteiger partial charge in [-0.3, -0.25) is 9.89 Å². The lowest BCUT2D eigenvalue weighted by Gasteiger charge is -2.08. The summed E-state index contributed by atoms with van der Waals surface area (Å²) >= 11 is 0. The van der Waals surface area contributed by atoms with Gasteiger partial charge in [-0.1, -0.05) is 13.8 Å². The molecule has 0 saturated heterocycles. The molecular formula is C19H19N3O4. The number of hydrogen-bond acceptors (Lipinski definition) is 5. The Morgan fingerprint density at radius 3 is 2.92 bits per heavy atom. The summed E-state index contributed by atoms with van der Waals surface area (Å²) in [6.07, 6.45) is 0. The third-order valence-electron chi connectivity index (χ3n) is 3.98. The Balaban J connectivity index is 1.52. The van der Waals surface area contributed by atoms with Crippen molar-refractivity contribution in [3.8, 4) is 17.2 Å². The molecular weight excluding hydrogens is 334 g/mol. The first-order valence-electron chi connectivity index (χ1n) is 8.42. The number of amides is 1. The fraction of sp³-hybridized carbons (Fsp3) is 0.263. The van der Waals surface area contributed by atoms with Crippen LogP contribution in [-0.4, -0.2) is 29.5 Å². The Kier molecular flexibility index (Phi) is 4.12. The molecule has 0 bridgehead atoms. The van der Waals surface area contributed by atoms with Gasteiger partial charge in [0.1, 0.15) is 5.75 Å². The second-order valence-electron chi connectivity index (χ2n) is 6.51. The molecule has 0 spiro atoms. The van der Waals surface area contributed by atoms with E-state index < -0.39 is 0 Å². The molecule has 4 rings (SSSR count). The lowest BCUT2D eigenvalue weighted by atomic mass is 10.2. The van der Waals surface area contributed by atoms with Crippen molar-refractivity contribution in [2.75, 3.05) is 18.7 Å². The summed E-state index contributed by atoms with van der Waals surface area (Å²) in [5, 5.41) is 10.8. The summed E-state index contributed by atoms with van der Waals surface area (Å²) in [4.78, 5) is 12.5. The lowest BCUT2D eigenvalue weighted by Crippen LogP contribution is -2.12. The van der Waals surface area contributed by atoms with Crippen LogP contribution in [-0.2, 0) is 0 Å². The van der Waals surface area contributed by atoms with E-state index in [9.17, 15) is 4.79 Å². The summed E-state index contributed by atoms with van der Waals surface area (Å²) in [5.74, 6) is 2.62. The molecule has 1 aliphatic rings. The minimum absolute atomic E-state index is 0.172. The van der Waals surface area contributed by atoms with Crippen LogP contribution in [0.2, 0.25) is 0 Å². The number of aromatic amines is 1. The van der Waals surface area contributed by atoms with E-state index >= 15 is 0 Å². The molecule has 26 heavy (non-hydrogen) atoms. The van der Waals surface area contributed by atoms with Gasteiger partial charge in [-0.2, -0.15) is 5.10 Å². The van der Waals surface area contributed by atoms with Gasteiger partial charge in [-0.15, -0.1) is 0 Å². The monoisotopic (exact) mass is 353 g/mol. The minimum atomic E-state index is -0.267. The van der Waals surface area contributed by atoms with Crippen molar-refractivity contribution in [2.24, 2.45) is 5.92 Å². The van der Waals surface area contributed by atoms with Crippen molar-refractivity contribution in [1.29, 1.82) is 0 Å². The summed E-state index contributed by atoms with van der Waals surface area (Å²) in [6, 6.07) is 10.7. The number of H-pyrrole nitrogens is 1. The van der Waals surface area contributed by atoms with E-state index in [1.807, 2.05) is 18.2 Å². The number of ether oxygens (including phenoxy) is 3. The standard InChI is InChI=1S/C19H19N3O4/c1-11(2)9-24-13-4-5-14-15(8-13)21-22-18(14)20-19(23)12-3-6-16-17(7-12)26-10-25-16/h3-8,11H,9-10H2,1-2H3,(H2,20,21,22,23). The number of nitrogens with one attached hydrogen (secondary N) is 2. The number of aromatic nitrogens is 2. The fourth-order valence-electron chi connectivity index (χ4n) is 2.66. The third kappa shape index (κ3) is 3.15. The Morgan fingerprint density at radius 2 is 2.08 bits per heavy atom. The van der Waals surface area contributed by atoms with Crippen LogP contribution >= 0.6 is 0 Å². The topological polar surface area (TPSA) is 85.5 Å². The van der Waals surface area contributed by atoms with E-state index in [2.05, 4.69) is 29.4 Å². The first-order chi connectivity index (χ1) is 12.6. The van der Waals surface area contributed by atoms with Crippen molar-refractivity contribution in [3.63, 3.8) is 0 Å². The molecule has 7 nitrogen and oxygen atoms in total. The van der Waals surface area contributed by atoms with Crippen molar-refractivity contribution in [3.05, 3.63) is 42.0 Å². The third-order valence-corrected chi connectivity index (χ3v) is 3.98. The molecule has 2 N–H and O–H groups in total. The second-order valence-corrected chi connectivity index (χ2v) is 6.51. The number of carbonyl (C=O) groups excluding carboxylic acids is 1. The summed E-state index contributed by atoms with van der Waals surface area (Å²) in [5.41, 5.74) is 1.27. The number of benzene rings is 2. The molecule has 2 heterocycles. The van der Waals surface area contributed by atoms with Crippen LogP contribution in [0.3, 0.4) is 0 Å². The Hall–Kier alpha value is -3.22. The van der Waals surface area contributed by atoms with Crippen LogP contribution in [0.5, 0.6) is 17.2 Å². The highest BCUT2D eigenvalue weighted by Crippen LogP contribution is 2.33. The molecule has 0 saturated carbocycles. The van der Waals surface area contributed by atoms with E-state index in [1.165, 1.54) is 0 Å². The normalized spacial score (nSPS) is 12.6. The van der Waals surface area contributed by atoms with Crippen molar-refractivity contribution in [2.45, 2.75) is 13.8 Å². The second kappa shape index (κ2) is 6.59. The SMILES string of the molecule is CC(C)COc1ccc2c(NC(=O)c3ccc4c(c3)OCO4)n[nH]c2c1. The zero-order chi connectivity index (χ0) is 18.1. The van der Waals surface area contributed by atoms with E-state index in [1.54, 1.807) is 18.2 Å². The van der Waals surface area contributed by atoms with Crippen LogP contribution in [0.1, 0.15) is 24.2 Å². The number of rotatable bonds is 5. The number of hydrogen-bond donors (Lipinski definition) is 2. The average Bonchev–Trinajstić information content (AvgIpc) is 3.26. The number of fused-ring (bicyclic) bond motifs is 2. The fourth-order valence-corrected chi connectivity index (χ4v) is 2.66. The summed E-state index contributed by atoms with van der Waals surface area (Å²) < 4.78 is 16.3. The van der Waals surface area contributed by atoms with E-state index in [-0.39, 0.29) is 12.7 Å². The molecule has 1 aromatic heterocycles. The van der Waals surface area contributed by atoms with Crippen molar-refractivity contribution >= 4 is 22.6 Å². The van der Waals surface area contributed by atoms with Gasteiger partial charge in [0.25, 0.3) is 5.91 Å². The van der Waals surface area contributed by atoms with Gasteiger partial charge in [-0.05, 0) is 36.2 Å². The highest BCUT2D eigenvalue weighted by atomic mass is 16.7. The molecule has 1 amide bonds. The maximum Gasteiger partial charge on any atom is 0.257 e. The Bertz CT molecular complexity index is 965. The highest BCUT2D eigenvalue weighted by molar-refractivity contribution is 6.08. The van der Waals surface area contributed by atoms with Gasteiger partial charge >= 0.3 is 0 Å². The maximum atomic E-state index is 12.5. The smallest absolute Gasteiger partial charge is 0.257 e. The molecule has 3 aromatic rings. The van der Waals surface area contributed by atoms with Gasteiger partial charge in [0.2, 0.25) is 6.79 Å². The van der Waals surface area contributed by atoms with Gasteiger partial charge in [0, 0.05) is 17.0 Å². The molecule has 0 radical (unpaired) electrons. The van der Waals surface area contributed by atoms with Gasteiger partial charge in [0.15, 0.2) is 17.3 Å². The van der Waals surface area contributed by atoms with Gasteiger partial charge in [-0.25, -0.2) is 0 Å². The Labute approximate surface area is 150 Å². The predicted octanol–water partition coefficient (Wildman–Crippen LogP) is 3.58. The van der Waals surface area contributed by atoms with Crippen LogP contribution in [0.25, 0.3) is 10.9 Å². The first-order valence-corrected chi connectivity index (χ1v) is 8.42. The molecule has 1 aliphatic heterocycles. The van der Waals surface area contributed by atoms with Gasteiger partial charge in [0.05, 0.1) is 12.1 Å². The maximum absolute atomic E-state index is 12.5. The van der Waals surface area contributed by atoms with E-state index in [0.29, 0.717) is 35.4 Å². The van der Waals surface area contributed by atoms with Crippen LogP contribution in [0, 0.1) is 5.92 Å². The molecule has 7 heteroatoms. The largest absolute Gasteiger partial charge is 0.493 e. The summed E-state index contributed by atoms with van der Waals surface area (Å²) in [7, 11) is 0. The average molecular weight is 353 g/mol. The Morgan fingerprint density at radius 1 is 1.23 bits per heavy atom. The number of nitrogens with zero attached hydrogens (tertiary/aromatic N) is 1.